The zero-order valence-corrected chi connectivity index (χ0v) is 16.9. The largest absolute Gasteiger partial charge is 0.396 e. The van der Waals surface area contributed by atoms with Crippen LogP contribution in [0.2, 0.25) is 0 Å². The number of carbonyl (C=O) groups excluding carboxylic acids is 1. The predicted molar refractivity (Wildman–Crippen MR) is 109 cm³/mol. The van der Waals surface area contributed by atoms with Gasteiger partial charge >= 0.3 is 11.4 Å². The SMILES string of the molecule is O=C(CSc1nc(=O)n(CCCO)c2c1CCCC2)Nc1ccc(F)c([N+](=O)[O-])c1. The third-order valence-electron chi connectivity index (χ3n) is 4.76. The number of amides is 1. The summed E-state index contributed by atoms with van der Waals surface area (Å²) in [6.07, 6.45) is 3.90. The molecule has 0 unspecified atom stereocenters. The number of aliphatic hydroxyl groups excluding tert-OH is 1. The summed E-state index contributed by atoms with van der Waals surface area (Å²) in [4.78, 5) is 38.8. The molecule has 0 bridgehead atoms. The average molecular weight is 436 g/mol. The standard InChI is InChI=1S/C19H21FN4O5S/c20-14-7-6-12(10-16(14)24(28)29)21-17(26)11-30-18-13-4-1-2-5-15(13)23(8-3-9-25)19(27)22-18/h6-7,10,25H,1-5,8-9,11H2,(H,21,26). The molecule has 0 fully saturated rings. The number of halogens is 1. The fraction of sp³-hybridized carbons (Fsp3) is 0.421. The molecule has 3 rings (SSSR count). The number of thioether (sulfide) groups is 1. The van der Waals surface area contributed by atoms with Crippen molar-refractivity contribution in [3.05, 3.63) is 55.9 Å². The number of aliphatic hydroxyl groups is 1. The zero-order valence-electron chi connectivity index (χ0n) is 16.1. The Hall–Kier alpha value is -2.79. The smallest absolute Gasteiger partial charge is 0.348 e. The highest BCUT2D eigenvalue weighted by Gasteiger charge is 2.21. The van der Waals surface area contributed by atoms with Gasteiger partial charge in [0.15, 0.2) is 0 Å². The minimum Gasteiger partial charge on any atom is -0.396 e. The second-order valence-electron chi connectivity index (χ2n) is 6.82. The molecule has 0 saturated heterocycles. The lowest BCUT2D eigenvalue weighted by atomic mass is 9.97. The molecule has 1 aliphatic carbocycles. The van der Waals surface area contributed by atoms with Crippen LogP contribution in [0.4, 0.5) is 15.8 Å². The van der Waals surface area contributed by atoms with E-state index in [1.54, 1.807) is 4.57 Å². The molecular formula is C19H21FN4O5S. The Bertz CT molecular complexity index is 1030. The van der Waals surface area contributed by atoms with Gasteiger partial charge in [-0.05, 0) is 44.2 Å². The quantitative estimate of drug-likeness (QED) is 0.281. The van der Waals surface area contributed by atoms with Crippen molar-refractivity contribution in [2.24, 2.45) is 0 Å². The molecular weight excluding hydrogens is 415 g/mol. The van der Waals surface area contributed by atoms with E-state index < -0.39 is 28.0 Å². The van der Waals surface area contributed by atoms with Crippen LogP contribution in [0.25, 0.3) is 0 Å². The lowest BCUT2D eigenvalue weighted by Gasteiger charge is -2.22. The summed E-state index contributed by atoms with van der Waals surface area (Å²) in [6, 6.07) is 3.12. The number of carbonyl (C=O) groups is 1. The van der Waals surface area contributed by atoms with E-state index in [-0.39, 0.29) is 18.0 Å². The van der Waals surface area contributed by atoms with Crippen LogP contribution in [0.15, 0.2) is 28.0 Å². The third kappa shape index (κ3) is 5.03. The Morgan fingerprint density at radius 2 is 2.13 bits per heavy atom. The first kappa shape index (κ1) is 21.9. The van der Waals surface area contributed by atoms with Crippen LogP contribution >= 0.6 is 11.8 Å². The number of anilines is 1. The Kier molecular flexibility index (Phi) is 7.16. The number of fused-ring (bicyclic) bond motifs is 1. The number of benzene rings is 1. The van der Waals surface area contributed by atoms with E-state index in [0.29, 0.717) is 18.0 Å². The summed E-state index contributed by atoms with van der Waals surface area (Å²) < 4.78 is 15.0. The number of nitrogens with one attached hydrogen (secondary N) is 1. The van der Waals surface area contributed by atoms with Crippen LogP contribution in [0.5, 0.6) is 0 Å². The van der Waals surface area contributed by atoms with Crippen LogP contribution in [0.3, 0.4) is 0 Å². The van der Waals surface area contributed by atoms with Gasteiger partial charge in [0.2, 0.25) is 11.7 Å². The Balaban J connectivity index is 1.73. The van der Waals surface area contributed by atoms with E-state index in [2.05, 4.69) is 10.3 Å². The van der Waals surface area contributed by atoms with Crippen LogP contribution in [0.1, 0.15) is 30.5 Å². The lowest BCUT2D eigenvalue weighted by Crippen LogP contribution is -2.30. The van der Waals surface area contributed by atoms with Crippen molar-refractivity contribution in [3.63, 3.8) is 0 Å². The molecule has 1 aliphatic rings. The molecule has 0 spiro atoms. The van der Waals surface area contributed by atoms with Gasteiger partial charge in [-0.1, -0.05) is 11.8 Å². The van der Waals surface area contributed by atoms with E-state index >= 15 is 0 Å². The Labute approximate surface area is 175 Å². The second-order valence-corrected chi connectivity index (χ2v) is 7.78. The van der Waals surface area contributed by atoms with Crippen molar-refractivity contribution in [3.8, 4) is 0 Å². The maximum atomic E-state index is 13.4. The number of hydrogen-bond acceptors (Lipinski definition) is 7. The minimum absolute atomic E-state index is 0.0145. The highest BCUT2D eigenvalue weighted by Crippen LogP contribution is 2.29. The van der Waals surface area contributed by atoms with E-state index in [9.17, 15) is 24.1 Å². The molecule has 1 aromatic carbocycles. The molecule has 2 N–H and O–H groups in total. The maximum absolute atomic E-state index is 13.4. The molecule has 0 radical (unpaired) electrons. The summed E-state index contributed by atoms with van der Waals surface area (Å²) in [5.74, 6) is -1.48. The molecule has 0 saturated carbocycles. The number of nitrogens with zero attached hydrogens (tertiary/aromatic N) is 3. The van der Waals surface area contributed by atoms with Gasteiger partial charge in [0.1, 0.15) is 5.03 Å². The molecule has 1 amide bonds. The second kappa shape index (κ2) is 9.81. The Morgan fingerprint density at radius 1 is 1.37 bits per heavy atom. The molecule has 0 atom stereocenters. The van der Waals surface area contributed by atoms with Gasteiger partial charge < -0.3 is 10.4 Å². The first-order valence-electron chi connectivity index (χ1n) is 9.50. The van der Waals surface area contributed by atoms with Gasteiger partial charge in [-0.3, -0.25) is 19.5 Å². The van der Waals surface area contributed by atoms with E-state index in [4.69, 9.17) is 5.11 Å². The monoisotopic (exact) mass is 436 g/mol. The van der Waals surface area contributed by atoms with Crippen LogP contribution in [-0.4, -0.2) is 37.8 Å². The van der Waals surface area contributed by atoms with Crippen LogP contribution in [-0.2, 0) is 24.2 Å². The molecule has 2 aromatic rings. The van der Waals surface area contributed by atoms with Crippen molar-refractivity contribution < 1.29 is 19.2 Å². The van der Waals surface area contributed by atoms with E-state index in [1.807, 2.05) is 0 Å². The number of nitro groups is 1. The summed E-state index contributed by atoms with van der Waals surface area (Å²) >= 11 is 1.13. The summed E-state index contributed by atoms with van der Waals surface area (Å²) in [5, 5.41) is 22.9. The highest BCUT2D eigenvalue weighted by molar-refractivity contribution is 8.00. The number of hydrogen-bond donors (Lipinski definition) is 2. The van der Waals surface area contributed by atoms with Crippen molar-refractivity contribution in [2.45, 2.75) is 43.7 Å². The van der Waals surface area contributed by atoms with Crippen LogP contribution in [0, 0.1) is 15.9 Å². The zero-order chi connectivity index (χ0) is 21.7. The molecule has 0 aliphatic heterocycles. The molecule has 30 heavy (non-hydrogen) atoms. The van der Waals surface area contributed by atoms with E-state index in [0.717, 1.165) is 60.8 Å². The molecule has 11 heteroatoms. The van der Waals surface area contributed by atoms with Crippen molar-refractivity contribution in [1.82, 2.24) is 9.55 Å². The fourth-order valence-electron chi connectivity index (χ4n) is 3.39. The Morgan fingerprint density at radius 3 is 2.87 bits per heavy atom. The van der Waals surface area contributed by atoms with Gasteiger partial charge in [-0.25, -0.2) is 4.79 Å². The first-order valence-corrected chi connectivity index (χ1v) is 10.5. The highest BCUT2D eigenvalue weighted by atomic mass is 32.2. The van der Waals surface area contributed by atoms with Gasteiger partial charge in [-0.15, -0.1) is 0 Å². The molecule has 1 heterocycles. The summed E-state index contributed by atoms with van der Waals surface area (Å²) in [7, 11) is 0. The third-order valence-corrected chi connectivity index (χ3v) is 5.77. The minimum atomic E-state index is -0.982. The number of nitro benzene ring substituents is 1. The summed E-state index contributed by atoms with van der Waals surface area (Å²) in [6.45, 7) is 0.388. The first-order chi connectivity index (χ1) is 14.4. The van der Waals surface area contributed by atoms with Gasteiger partial charge in [-0.2, -0.15) is 9.37 Å². The normalized spacial score (nSPS) is 13.0. The fourth-order valence-corrected chi connectivity index (χ4v) is 4.26. The number of aromatic nitrogens is 2. The molecule has 160 valence electrons. The molecule has 9 nitrogen and oxygen atoms in total. The van der Waals surface area contributed by atoms with Crippen molar-refractivity contribution in [1.29, 1.82) is 0 Å². The van der Waals surface area contributed by atoms with E-state index in [1.165, 1.54) is 6.07 Å². The predicted octanol–water partition coefficient (Wildman–Crippen LogP) is 2.28. The maximum Gasteiger partial charge on any atom is 0.348 e. The topological polar surface area (TPSA) is 127 Å². The molecule has 1 aromatic heterocycles. The lowest BCUT2D eigenvalue weighted by molar-refractivity contribution is -0.387. The average Bonchev–Trinajstić information content (AvgIpc) is 2.72. The van der Waals surface area contributed by atoms with Gasteiger partial charge in [0.05, 0.1) is 10.7 Å². The van der Waals surface area contributed by atoms with Gasteiger partial charge in [0.25, 0.3) is 0 Å². The van der Waals surface area contributed by atoms with Crippen LogP contribution < -0.4 is 11.0 Å². The van der Waals surface area contributed by atoms with Crippen molar-refractivity contribution >= 4 is 29.0 Å². The van der Waals surface area contributed by atoms with Crippen molar-refractivity contribution in [2.75, 3.05) is 17.7 Å². The number of rotatable bonds is 8. The van der Waals surface area contributed by atoms with Gasteiger partial charge in [0, 0.05) is 36.2 Å². The summed E-state index contributed by atoms with van der Waals surface area (Å²) in [5.41, 5.74) is 0.854.